The average molecular weight is 244 g/mol. The molecule has 1 N–H and O–H groups in total. The van der Waals surface area contributed by atoms with Gasteiger partial charge in [-0.1, -0.05) is 6.92 Å². The van der Waals surface area contributed by atoms with Crippen molar-refractivity contribution in [1.82, 2.24) is 0 Å². The predicted octanol–water partition coefficient (Wildman–Crippen LogP) is -0.250. The lowest BCUT2D eigenvalue weighted by atomic mass is 10.4. The maximum Gasteiger partial charge on any atom is 0.458 e. The van der Waals surface area contributed by atoms with Crippen LogP contribution in [0.2, 0.25) is 0 Å². The topological polar surface area (TPSA) is 91.5 Å². The highest BCUT2D eigenvalue weighted by Gasteiger charge is 2.10. The summed E-state index contributed by atoms with van der Waals surface area (Å²) in [5, 5.41) is 0. The van der Waals surface area contributed by atoms with Crippen LogP contribution in [0.1, 0.15) is 19.8 Å². The molecule has 0 aromatic carbocycles. The molecular formula is C6H14NO5S2+. The first-order valence-corrected chi connectivity index (χ1v) is 6.80. The standard InChI is InChI=1S/C6H13NO5S2/c1-2-4-7(13(8)9)5-3-6-14(10,11)12/h2-6H2,1H3/p+1. The summed E-state index contributed by atoms with van der Waals surface area (Å²) in [5.41, 5.74) is 0. The molecule has 0 atom stereocenters. The first-order chi connectivity index (χ1) is 6.37. The highest BCUT2D eigenvalue weighted by molar-refractivity contribution is 7.85. The van der Waals surface area contributed by atoms with Crippen LogP contribution in [0.4, 0.5) is 0 Å². The van der Waals surface area contributed by atoms with E-state index in [1.807, 2.05) is 6.92 Å². The quantitative estimate of drug-likeness (QED) is 0.514. The highest BCUT2D eigenvalue weighted by atomic mass is 32.2. The van der Waals surface area contributed by atoms with Crippen LogP contribution >= 0.6 is 0 Å². The summed E-state index contributed by atoms with van der Waals surface area (Å²) >= 11 is 0. The second-order valence-corrected chi connectivity index (χ2v) is 5.31. The minimum Gasteiger partial charge on any atom is -0.286 e. The third kappa shape index (κ3) is 6.98. The van der Waals surface area contributed by atoms with Crippen molar-refractivity contribution in [3.05, 3.63) is 0 Å². The third-order valence-corrected chi connectivity index (χ3v) is 3.09. The van der Waals surface area contributed by atoms with E-state index < -0.39 is 26.4 Å². The Morgan fingerprint density at radius 3 is 2.21 bits per heavy atom. The third-order valence-electron chi connectivity index (χ3n) is 1.49. The average Bonchev–Trinajstić information content (AvgIpc) is 2.00. The molecule has 0 amide bonds. The van der Waals surface area contributed by atoms with E-state index in [4.69, 9.17) is 4.55 Å². The Hall–Kier alpha value is -0.470. The van der Waals surface area contributed by atoms with Crippen molar-refractivity contribution in [3.8, 4) is 0 Å². The molecule has 0 spiro atoms. The molecule has 0 bridgehead atoms. The zero-order chi connectivity index (χ0) is 11.2. The van der Waals surface area contributed by atoms with Gasteiger partial charge in [-0.3, -0.25) is 4.55 Å². The van der Waals surface area contributed by atoms with Gasteiger partial charge in [0.25, 0.3) is 10.1 Å². The molecule has 0 fully saturated rings. The van der Waals surface area contributed by atoms with Crippen LogP contribution in [0.5, 0.6) is 0 Å². The first-order valence-electron chi connectivity index (χ1n) is 4.16. The molecular weight excluding hydrogens is 230 g/mol. The molecule has 0 aliphatic heterocycles. The van der Waals surface area contributed by atoms with Gasteiger partial charge < -0.3 is 0 Å². The lowest BCUT2D eigenvalue weighted by Gasteiger charge is -1.95. The monoisotopic (exact) mass is 244 g/mol. The molecule has 84 valence electrons. The van der Waals surface area contributed by atoms with Crippen molar-refractivity contribution in [2.45, 2.75) is 19.8 Å². The van der Waals surface area contributed by atoms with Crippen molar-refractivity contribution < 1.29 is 25.3 Å². The Kier molecular flexibility index (Phi) is 5.89. The van der Waals surface area contributed by atoms with Crippen molar-refractivity contribution in [2.75, 3.05) is 18.8 Å². The molecule has 0 rings (SSSR count). The van der Waals surface area contributed by atoms with Crippen LogP contribution in [0.3, 0.4) is 0 Å². The zero-order valence-corrected chi connectivity index (χ0v) is 9.51. The summed E-state index contributed by atoms with van der Waals surface area (Å²) < 4.78 is 51.3. The van der Waals surface area contributed by atoms with Crippen molar-refractivity contribution >= 4 is 20.6 Å². The van der Waals surface area contributed by atoms with Gasteiger partial charge in [0, 0.05) is 12.8 Å². The van der Waals surface area contributed by atoms with Gasteiger partial charge in [0.15, 0.2) is 13.1 Å². The van der Waals surface area contributed by atoms with Gasteiger partial charge in [0.1, 0.15) is 0 Å². The molecule has 0 unspecified atom stereocenters. The van der Waals surface area contributed by atoms with E-state index in [1.54, 1.807) is 0 Å². The van der Waals surface area contributed by atoms with Gasteiger partial charge in [-0.15, -0.1) is 12.4 Å². The SMILES string of the molecule is CCC[N+](CCCS(=O)(=O)O)=S(=O)=O. The summed E-state index contributed by atoms with van der Waals surface area (Å²) in [6, 6.07) is 0. The molecule has 0 heterocycles. The first kappa shape index (κ1) is 13.5. The van der Waals surface area contributed by atoms with Crippen LogP contribution in [0.25, 0.3) is 0 Å². The van der Waals surface area contributed by atoms with E-state index in [9.17, 15) is 16.8 Å². The molecule has 8 heteroatoms. The number of rotatable bonds is 6. The van der Waals surface area contributed by atoms with Crippen molar-refractivity contribution in [1.29, 1.82) is 0 Å². The summed E-state index contributed by atoms with van der Waals surface area (Å²) in [4.78, 5) is 0. The summed E-state index contributed by atoms with van der Waals surface area (Å²) in [5.74, 6) is -0.412. The van der Waals surface area contributed by atoms with Gasteiger partial charge in [0.2, 0.25) is 0 Å². The second kappa shape index (κ2) is 6.10. The van der Waals surface area contributed by atoms with Gasteiger partial charge in [-0.2, -0.15) is 8.42 Å². The van der Waals surface area contributed by atoms with Gasteiger partial charge in [0.05, 0.1) is 5.75 Å². The van der Waals surface area contributed by atoms with E-state index >= 15 is 0 Å². The molecule has 0 aliphatic rings. The van der Waals surface area contributed by atoms with Crippen molar-refractivity contribution in [3.63, 3.8) is 0 Å². The van der Waals surface area contributed by atoms with Crippen LogP contribution in [-0.2, 0) is 20.6 Å². The predicted molar refractivity (Wildman–Crippen MR) is 50.2 cm³/mol. The Bertz CT molecular complexity index is 386. The molecule has 6 nitrogen and oxygen atoms in total. The van der Waals surface area contributed by atoms with E-state index in [0.717, 1.165) is 3.95 Å². The fourth-order valence-corrected chi connectivity index (χ4v) is 2.04. The fraction of sp³-hybridized carbons (Fsp3) is 1.00. The number of nitrogens with zero attached hydrogens (tertiary/aromatic N) is 1. The lowest BCUT2D eigenvalue weighted by Crippen LogP contribution is -2.17. The molecule has 0 saturated heterocycles. The largest absolute Gasteiger partial charge is 0.458 e. The van der Waals surface area contributed by atoms with E-state index in [1.165, 1.54) is 0 Å². The maximum atomic E-state index is 10.6. The number of hydrogen-bond acceptors (Lipinski definition) is 4. The Morgan fingerprint density at radius 1 is 1.29 bits per heavy atom. The summed E-state index contributed by atoms with van der Waals surface area (Å²) in [6.45, 7) is 2.30. The fourth-order valence-electron chi connectivity index (χ4n) is 0.934. The van der Waals surface area contributed by atoms with E-state index in [2.05, 4.69) is 0 Å². The molecule has 14 heavy (non-hydrogen) atoms. The molecule has 0 aliphatic carbocycles. The van der Waals surface area contributed by atoms with Crippen molar-refractivity contribution in [2.24, 2.45) is 0 Å². The molecule has 0 aromatic heterocycles. The highest BCUT2D eigenvalue weighted by Crippen LogP contribution is 1.91. The normalized spacial score (nSPS) is 11.3. The van der Waals surface area contributed by atoms with Crippen LogP contribution in [-0.4, -0.2) is 44.2 Å². The Balaban J connectivity index is 4.18. The minimum atomic E-state index is -3.99. The lowest BCUT2D eigenvalue weighted by molar-refractivity contribution is -0.503. The van der Waals surface area contributed by atoms with Crippen LogP contribution in [0.15, 0.2) is 0 Å². The summed E-state index contributed by atoms with van der Waals surface area (Å²) in [6.07, 6.45) is 0.771. The van der Waals surface area contributed by atoms with Gasteiger partial charge in [-0.05, 0) is 0 Å². The number of hydrogen-bond donors (Lipinski definition) is 1. The molecule has 0 aromatic rings. The van der Waals surface area contributed by atoms with Crippen LogP contribution < -0.4 is 0 Å². The molecule has 0 saturated carbocycles. The minimum absolute atomic E-state index is 0.104. The maximum absolute atomic E-state index is 10.6. The van der Waals surface area contributed by atoms with Gasteiger partial charge >= 0.3 is 10.5 Å². The van der Waals surface area contributed by atoms with Crippen LogP contribution in [0, 0.1) is 0 Å². The van der Waals surface area contributed by atoms with Gasteiger partial charge in [-0.25, -0.2) is 0 Å². The smallest absolute Gasteiger partial charge is 0.286 e. The molecule has 0 radical (unpaired) electrons. The zero-order valence-electron chi connectivity index (χ0n) is 7.88. The second-order valence-electron chi connectivity index (χ2n) is 2.79. The Morgan fingerprint density at radius 2 is 1.86 bits per heavy atom. The van der Waals surface area contributed by atoms with E-state index in [0.29, 0.717) is 13.0 Å². The van der Waals surface area contributed by atoms with E-state index in [-0.39, 0.29) is 13.0 Å². The Labute approximate surface area is 85.0 Å². The summed E-state index contributed by atoms with van der Waals surface area (Å²) in [7, 11) is -6.31.